The molecule has 104 valence electrons. The standard InChI is InChI=1S/C13H18N2O2S2/c1-9-7-10(2)15(8-9)19(16,17)12-6-4-3-5-11(12)13(14)18/h3-6,9-10H,7-8H2,1-2H3,(H2,14,18). The van der Waals surface area contributed by atoms with Crippen molar-refractivity contribution in [2.24, 2.45) is 11.7 Å². The van der Waals surface area contributed by atoms with Crippen LogP contribution in [0.2, 0.25) is 0 Å². The summed E-state index contributed by atoms with van der Waals surface area (Å²) in [5, 5.41) is 0. The van der Waals surface area contributed by atoms with Crippen molar-refractivity contribution in [1.29, 1.82) is 0 Å². The Bertz CT molecular complexity index is 598. The number of nitrogens with two attached hydrogens (primary N) is 1. The van der Waals surface area contributed by atoms with E-state index in [9.17, 15) is 8.42 Å². The zero-order valence-electron chi connectivity index (χ0n) is 11.0. The molecule has 1 aromatic carbocycles. The van der Waals surface area contributed by atoms with Gasteiger partial charge < -0.3 is 5.73 Å². The highest BCUT2D eigenvalue weighted by molar-refractivity contribution is 7.89. The van der Waals surface area contributed by atoms with Crippen LogP contribution in [0.1, 0.15) is 25.8 Å². The normalized spacial score (nSPS) is 24.5. The molecule has 19 heavy (non-hydrogen) atoms. The zero-order valence-corrected chi connectivity index (χ0v) is 12.7. The van der Waals surface area contributed by atoms with Crippen LogP contribution in [-0.2, 0) is 10.0 Å². The van der Waals surface area contributed by atoms with Crippen LogP contribution < -0.4 is 5.73 Å². The maximum absolute atomic E-state index is 12.7. The fourth-order valence-electron chi connectivity index (χ4n) is 2.62. The van der Waals surface area contributed by atoms with Gasteiger partial charge in [0.2, 0.25) is 10.0 Å². The minimum absolute atomic E-state index is 0.0133. The molecule has 1 saturated heterocycles. The molecule has 2 unspecified atom stereocenters. The minimum Gasteiger partial charge on any atom is -0.389 e. The van der Waals surface area contributed by atoms with Crippen molar-refractivity contribution in [1.82, 2.24) is 4.31 Å². The lowest BCUT2D eigenvalue weighted by Gasteiger charge is -2.22. The van der Waals surface area contributed by atoms with Crippen LogP contribution in [0.4, 0.5) is 0 Å². The smallest absolute Gasteiger partial charge is 0.244 e. The van der Waals surface area contributed by atoms with Crippen molar-refractivity contribution < 1.29 is 8.42 Å². The topological polar surface area (TPSA) is 63.4 Å². The molecule has 4 nitrogen and oxygen atoms in total. The highest BCUT2D eigenvalue weighted by atomic mass is 32.2. The van der Waals surface area contributed by atoms with Crippen LogP contribution in [0.5, 0.6) is 0 Å². The van der Waals surface area contributed by atoms with Crippen molar-refractivity contribution in [2.75, 3.05) is 6.54 Å². The third-order valence-electron chi connectivity index (χ3n) is 3.47. The molecule has 1 aliphatic rings. The van der Waals surface area contributed by atoms with Gasteiger partial charge in [-0.05, 0) is 25.3 Å². The molecule has 1 fully saturated rings. The van der Waals surface area contributed by atoms with Gasteiger partial charge in [0.05, 0.1) is 4.90 Å². The quantitative estimate of drug-likeness (QED) is 0.863. The molecule has 0 saturated carbocycles. The van der Waals surface area contributed by atoms with Crippen LogP contribution in [0.15, 0.2) is 29.2 Å². The zero-order chi connectivity index (χ0) is 14.2. The first-order valence-electron chi connectivity index (χ1n) is 6.24. The van der Waals surface area contributed by atoms with Crippen LogP contribution in [0.25, 0.3) is 0 Å². The summed E-state index contributed by atoms with van der Waals surface area (Å²) in [4.78, 5) is 0.322. The van der Waals surface area contributed by atoms with E-state index in [1.54, 1.807) is 28.6 Å². The van der Waals surface area contributed by atoms with Gasteiger partial charge in [-0.2, -0.15) is 4.31 Å². The van der Waals surface area contributed by atoms with Gasteiger partial charge in [0.15, 0.2) is 0 Å². The van der Waals surface area contributed by atoms with Crippen molar-refractivity contribution in [3.8, 4) is 0 Å². The molecular formula is C13H18N2O2S2. The maximum atomic E-state index is 12.7. The third kappa shape index (κ3) is 2.66. The molecular weight excluding hydrogens is 280 g/mol. The Balaban J connectivity index is 2.49. The average molecular weight is 298 g/mol. The summed E-state index contributed by atoms with van der Waals surface area (Å²) in [5.74, 6) is 0.377. The van der Waals surface area contributed by atoms with Crippen LogP contribution in [0.3, 0.4) is 0 Å². The van der Waals surface area contributed by atoms with E-state index >= 15 is 0 Å². The van der Waals surface area contributed by atoms with Crippen molar-refractivity contribution in [3.05, 3.63) is 29.8 Å². The SMILES string of the molecule is CC1CC(C)N(S(=O)(=O)c2ccccc2C(N)=S)C1. The van der Waals surface area contributed by atoms with Crippen LogP contribution in [0, 0.1) is 5.92 Å². The molecule has 2 atom stereocenters. The van der Waals surface area contributed by atoms with Crippen LogP contribution >= 0.6 is 12.2 Å². The van der Waals surface area contributed by atoms with E-state index in [0.717, 1.165) is 6.42 Å². The molecule has 1 aliphatic heterocycles. The van der Waals surface area contributed by atoms with Gasteiger partial charge in [0.1, 0.15) is 4.99 Å². The monoisotopic (exact) mass is 298 g/mol. The van der Waals surface area contributed by atoms with E-state index in [4.69, 9.17) is 18.0 Å². The summed E-state index contributed by atoms with van der Waals surface area (Å²) >= 11 is 4.94. The highest BCUT2D eigenvalue weighted by Gasteiger charge is 2.37. The van der Waals surface area contributed by atoms with Gasteiger partial charge in [-0.3, -0.25) is 0 Å². The number of rotatable bonds is 3. The third-order valence-corrected chi connectivity index (χ3v) is 5.72. The summed E-state index contributed by atoms with van der Waals surface area (Å²) in [5.41, 5.74) is 6.04. The first-order chi connectivity index (χ1) is 8.84. The van der Waals surface area contributed by atoms with E-state index in [1.165, 1.54) is 0 Å². The van der Waals surface area contributed by atoms with Gasteiger partial charge in [-0.15, -0.1) is 0 Å². The van der Waals surface area contributed by atoms with Gasteiger partial charge in [-0.25, -0.2) is 8.42 Å². The summed E-state index contributed by atoms with van der Waals surface area (Å²) in [7, 11) is -3.53. The molecule has 1 heterocycles. The van der Waals surface area contributed by atoms with E-state index in [1.807, 2.05) is 6.92 Å². The van der Waals surface area contributed by atoms with Crippen molar-refractivity contribution >= 4 is 27.2 Å². The summed E-state index contributed by atoms with van der Waals surface area (Å²) < 4.78 is 27.0. The number of benzene rings is 1. The number of nitrogens with zero attached hydrogens (tertiary/aromatic N) is 1. The Morgan fingerprint density at radius 3 is 2.53 bits per heavy atom. The number of hydrogen-bond donors (Lipinski definition) is 1. The fraction of sp³-hybridized carbons (Fsp3) is 0.462. The van der Waals surface area contributed by atoms with E-state index in [2.05, 4.69) is 6.92 Å². The van der Waals surface area contributed by atoms with Crippen molar-refractivity contribution in [2.45, 2.75) is 31.2 Å². The second-order valence-electron chi connectivity index (χ2n) is 5.13. The van der Waals surface area contributed by atoms with Gasteiger partial charge in [0.25, 0.3) is 0 Å². The molecule has 0 bridgehead atoms. The lowest BCUT2D eigenvalue weighted by molar-refractivity contribution is 0.405. The Morgan fingerprint density at radius 1 is 1.37 bits per heavy atom. The Kier molecular flexibility index (Phi) is 3.94. The molecule has 0 aliphatic carbocycles. The second-order valence-corrected chi connectivity index (χ2v) is 7.42. The van der Waals surface area contributed by atoms with Gasteiger partial charge >= 0.3 is 0 Å². The van der Waals surface area contributed by atoms with Crippen molar-refractivity contribution in [3.63, 3.8) is 0 Å². The average Bonchev–Trinajstić information content (AvgIpc) is 2.69. The first-order valence-corrected chi connectivity index (χ1v) is 8.09. The van der Waals surface area contributed by atoms with E-state index in [0.29, 0.717) is 18.0 Å². The molecule has 2 rings (SSSR count). The lowest BCUT2D eigenvalue weighted by Crippen LogP contribution is -2.35. The molecule has 0 spiro atoms. The molecule has 1 aromatic rings. The molecule has 2 N–H and O–H groups in total. The fourth-order valence-corrected chi connectivity index (χ4v) is 4.83. The highest BCUT2D eigenvalue weighted by Crippen LogP contribution is 2.30. The summed E-state index contributed by atoms with van der Waals surface area (Å²) in [6, 6.07) is 6.67. The number of sulfonamides is 1. The number of hydrogen-bond acceptors (Lipinski definition) is 3. The van der Waals surface area contributed by atoms with Crippen LogP contribution in [-0.4, -0.2) is 30.3 Å². The lowest BCUT2D eigenvalue weighted by atomic mass is 10.1. The molecule has 0 aromatic heterocycles. The predicted octanol–water partition coefficient (Wildman–Crippen LogP) is 1.74. The molecule has 0 radical (unpaired) electrons. The van der Waals surface area contributed by atoms with E-state index < -0.39 is 10.0 Å². The number of thiocarbonyl (C=S) groups is 1. The minimum atomic E-state index is -3.53. The first kappa shape index (κ1) is 14.4. The largest absolute Gasteiger partial charge is 0.389 e. The van der Waals surface area contributed by atoms with E-state index in [-0.39, 0.29) is 15.9 Å². The van der Waals surface area contributed by atoms with Gasteiger partial charge in [0, 0.05) is 18.2 Å². The molecule has 0 amide bonds. The predicted molar refractivity (Wildman–Crippen MR) is 79.5 cm³/mol. The maximum Gasteiger partial charge on any atom is 0.244 e. The second kappa shape index (κ2) is 5.19. The Morgan fingerprint density at radius 2 is 2.00 bits per heavy atom. The summed E-state index contributed by atoms with van der Waals surface area (Å²) in [6.45, 7) is 4.55. The van der Waals surface area contributed by atoms with Gasteiger partial charge in [-0.1, -0.05) is 37.3 Å². The summed E-state index contributed by atoms with van der Waals surface area (Å²) in [6.07, 6.45) is 0.883. The molecule has 6 heteroatoms. The Hall–Kier alpha value is -0.980. The Labute approximate surface area is 119 Å².